The molecule has 0 bridgehead atoms. The molecule has 0 spiro atoms. The average Bonchev–Trinajstić information content (AvgIpc) is 2.86. The van der Waals surface area contributed by atoms with E-state index in [9.17, 15) is 4.79 Å². The number of carbonyl (C=O) groups excluding carboxylic acids is 1. The van der Waals surface area contributed by atoms with Gasteiger partial charge in [0, 0.05) is 0 Å². The maximum atomic E-state index is 11.1. The summed E-state index contributed by atoms with van der Waals surface area (Å²) in [6.45, 7) is 0. The third-order valence-electron chi connectivity index (χ3n) is 1.76. The van der Waals surface area contributed by atoms with Gasteiger partial charge in [-0.15, -0.1) is 11.3 Å². The predicted molar refractivity (Wildman–Crippen MR) is 53.4 cm³/mol. The molecule has 0 radical (unpaired) electrons. The number of rotatable bonds is 2. The van der Waals surface area contributed by atoms with Crippen molar-refractivity contribution < 1.29 is 13.9 Å². The molecule has 3 nitrogen and oxygen atoms in total. The summed E-state index contributed by atoms with van der Waals surface area (Å²) in [6, 6.07) is 7.24. The van der Waals surface area contributed by atoms with Crippen LogP contribution in [0, 0.1) is 0 Å². The molecule has 0 aliphatic rings. The maximum absolute atomic E-state index is 11.1. The van der Waals surface area contributed by atoms with Crippen LogP contribution in [0.5, 0.6) is 0 Å². The lowest BCUT2D eigenvalue weighted by molar-refractivity contribution is 0.0566. The minimum Gasteiger partial charge on any atom is -0.463 e. The van der Waals surface area contributed by atoms with Gasteiger partial charge >= 0.3 is 5.97 Å². The van der Waals surface area contributed by atoms with E-state index in [2.05, 4.69) is 4.74 Å². The topological polar surface area (TPSA) is 39.4 Å². The van der Waals surface area contributed by atoms with Crippen LogP contribution in [-0.4, -0.2) is 13.1 Å². The highest BCUT2D eigenvalue weighted by atomic mass is 32.1. The SMILES string of the molecule is COC(=O)c1ccc(-c2cccs2)o1. The number of hydrogen-bond donors (Lipinski definition) is 0. The van der Waals surface area contributed by atoms with E-state index < -0.39 is 5.97 Å². The van der Waals surface area contributed by atoms with Gasteiger partial charge < -0.3 is 9.15 Å². The number of esters is 1. The summed E-state index contributed by atoms with van der Waals surface area (Å²) >= 11 is 1.56. The largest absolute Gasteiger partial charge is 0.463 e. The Hall–Kier alpha value is -1.55. The van der Waals surface area contributed by atoms with Crippen LogP contribution in [0.4, 0.5) is 0 Å². The van der Waals surface area contributed by atoms with Crippen molar-refractivity contribution in [2.24, 2.45) is 0 Å². The summed E-state index contributed by atoms with van der Waals surface area (Å²) in [7, 11) is 1.33. The third kappa shape index (κ3) is 1.56. The molecular weight excluding hydrogens is 200 g/mol. The maximum Gasteiger partial charge on any atom is 0.373 e. The van der Waals surface area contributed by atoms with Crippen LogP contribution in [0.15, 0.2) is 34.1 Å². The van der Waals surface area contributed by atoms with Crippen LogP contribution in [0.25, 0.3) is 10.6 Å². The van der Waals surface area contributed by atoms with Crippen LogP contribution in [0.2, 0.25) is 0 Å². The molecule has 2 rings (SSSR count). The van der Waals surface area contributed by atoms with Crippen molar-refractivity contribution in [3.05, 3.63) is 35.4 Å². The molecular formula is C10H8O3S. The Morgan fingerprint density at radius 2 is 2.29 bits per heavy atom. The Labute approximate surface area is 84.9 Å². The number of thiophene rings is 1. The second-order valence-corrected chi connectivity index (χ2v) is 3.58. The van der Waals surface area contributed by atoms with Gasteiger partial charge in [0.05, 0.1) is 12.0 Å². The van der Waals surface area contributed by atoms with Crippen molar-refractivity contribution in [2.75, 3.05) is 7.11 Å². The van der Waals surface area contributed by atoms with Gasteiger partial charge in [-0.3, -0.25) is 0 Å². The highest BCUT2D eigenvalue weighted by Crippen LogP contribution is 2.26. The predicted octanol–water partition coefficient (Wildman–Crippen LogP) is 2.79. The fraction of sp³-hybridized carbons (Fsp3) is 0.100. The number of methoxy groups -OCH3 is 1. The van der Waals surface area contributed by atoms with Gasteiger partial charge in [0.25, 0.3) is 0 Å². The van der Waals surface area contributed by atoms with Crippen LogP contribution >= 0.6 is 11.3 Å². The van der Waals surface area contributed by atoms with E-state index in [0.717, 1.165) is 4.88 Å². The van der Waals surface area contributed by atoms with E-state index in [1.165, 1.54) is 7.11 Å². The molecule has 2 heterocycles. The van der Waals surface area contributed by atoms with Crippen molar-refractivity contribution in [1.82, 2.24) is 0 Å². The van der Waals surface area contributed by atoms with Crippen LogP contribution < -0.4 is 0 Å². The van der Waals surface area contributed by atoms with Gasteiger partial charge in [-0.25, -0.2) is 4.79 Å². The van der Waals surface area contributed by atoms with Crippen molar-refractivity contribution in [3.8, 4) is 10.6 Å². The first kappa shape index (κ1) is 9.02. The van der Waals surface area contributed by atoms with Crippen LogP contribution in [0.1, 0.15) is 10.6 Å². The van der Waals surface area contributed by atoms with Crippen molar-refractivity contribution in [3.63, 3.8) is 0 Å². The number of furan rings is 1. The molecule has 0 N–H and O–H groups in total. The van der Waals surface area contributed by atoms with Gasteiger partial charge in [0.2, 0.25) is 5.76 Å². The molecule has 72 valence electrons. The zero-order chi connectivity index (χ0) is 9.97. The van der Waals surface area contributed by atoms with Gasteiger partial charge in [-0.05, 0) is 23.6 Å². The molecule has 0 aliphatic heterocycles. The van der Waals surface area contributed by atoms with Crippen LogP contribution in [0.3, 0.4) is 0 Å². The average molecular weight is 208 g/mol. The lowest BCUT2D eigenvalue weighted by Gasteiger charge is -1.92. The molecule has 4 heteroatoms. The zero-order valence-electron chi connectivity index (χ0n) is 7.52. The first-order valence-corrected chi connectivity index (χ1v) is 4.91. The summed E-state index contributed by atoms with van der Waals surface area (Å²) < 4.78 is 9.85. The highest BCUT2D eigenvalue weighted by Gasteiger charge is 2.12. The Morgan fingerprint density at radius 3 is 2.93 bits per heavy atom. The van der Waals surface area contributed by atoms with E-state index in [4.69, 9.17) is 4.42 Å². The van der Waals surface area contributed by atoms with E-state index in [0.29, 0.717) is 5.76 Å². The lowest BCUT2D eigenvalue weighted by atomic mass is 10.3. The quantitative estimate of drug-likeness (QED) is 0.712. The van der Waals surface area contributed by atoms with E-state index in [1.54, 1.807) is 23.5 Å². The summed E-state index contributed by atoms with van der Waals surface area (Å²) in [6.07, 6.45) is 0. The minimum absolute atomic E-state index is 0.232. The molecule has 0 aliphatic carbocycles. The molecule has 0 saturated heterocycles. The van der Waals surface area contributed by atoms with E-state index in [-0.39, 0.29) is 5.76 Å². The number of carbonyl (C=O) groups is 1. The minimum atomic E-state index is -0.451. The summed E-state index contributed by atoms with van der Waals surface area (Å²) in [5.74, 6) is 0.476. The smallest absolute Gasteiger partial charge is 0.373 e. The zero-order valence-corrected chi connectivity index (χ0v) is 8.34. The van der Waals surface area contributed by atoms with Crippen molar-refractivity contribution in [1.29, 1.82) is 0 Å². The molecule has 0 fully saturated rings. The normalized spacial score (nSPS) is 10.1. The van der Waals surface area contributed by atoms with Crippen molar-refractivity contribution >= 4 is 17.3 Å². The molecule has 2 aromatic heterocycles. The molecule has 0 unspecified atom stereocenters. The lowest BCUT2D eigenvalue weighted by Crippen LogP contribution is -1.97. The second-order valence-electron chi connectivity index (χ2n) is 2.63. The highest BCUT2D eigenvalue weighted by molar-refractivity contribution is 7.13. The molecule has 0 saturated carbocycles. The standard InChI is InChI=1S/C10H8O3S/c1-12-10(11)8-5-4-7(13-8)9-3-2-6-14-9/h2-6H,1H3. The molecule has 0 amide bonds. The van der Waals surface area contributed by atoms with Gasteiger partial charge in [0.1, 0.15) is 5.76 Å². The first-order chi connectivity index (χ1) is 6.81. The fourth-order valence-corrected chi connectivity index (χ4v) is 1.79. The Balaban J connectivity index is 2.31. The Kier molecular flexibility index (Phi) is 2.37. The third-order valence-corrected chi connectivity index (χ3v) is 2.64. The van der Waals surface area contributed by atoms with Gasteiger partial charge in [0.15, 0.2) is 0 Å². The summed E-state index contributed by atoms with van der Waals surface area (Å²) in [5, 5.41) is 1.95. The van der Waals surface area contributed by atoms with E-state index in [1.807, 2.05) is 17.5 Å². The van der Waals surface area contributed by atoms with Crippen LogP contribution in [-0.2, 0) is 4.74 Å². The fourth-order valence-electron chi connectivity index (χ4n) is 1.10. The van der Waals surface area contributed by atoms with Gasteiger partial charge in [-0.2, -0.15) is 0 Å². The first-order valence-electron chi connectivity index (χ1n) is 4.03. The molecule has 14 heavy (non-hydrogen) atoms. The summed E-state index contributed by atoms with van der Waals surface area (Å²) in [4.78, 5) is 12.1. The monoisotopic (exact) mass is 208 g/mol. The van der Waals surface area contributed by atoms with E-state index >= 15 is 0 Å². The Morgan fingerprint density at radius 1 is 1.43 bits per heavy atom. The number of ether oxygens (including phenoxy) is 1. The second kappa shape index (κ2) is 3.67. The summed E-state index contributed by atoms with van der Waals surface area (Å²) in [5.41, 5.74) is 0. The Bertz CT molecular complexity index is 428. The molecule has 0 aromatic carbocycles. The molecule has 0 atom stereocenters. The molecule has 2 aromatic rings. The van der Waals surface area contributed by atoms with Gasteiger partial charge in [-0.1, -0.05) is 6.07 Å². The number of hydrogen-bond acceptors (Lipinski definition) is 4. The van der Waals surface area contributed by atoms with Crippen molar-refractivity contribution in [2.45, 2.75) is 0 Å².